The fourth-order valence-electron chi connectivity index (χ4n) is 3.68. The van der Waals surface area contributed by atoms with Crippen LogP contribution < -0.4 is 15.4 Å². The van der Waals surface area contributed by atoms with Crippen molar-refractivity contribution in [1.29, 1.82) is 0 Å². The Kier molecular flexibility index (Phi) is 5.94. The van der Waals surface area contributed by atoms with Crippen LogP contribution in [0.1, 0.15) is 25.3 Å². The van der Waals surface area contributed by atoms with Gasteiger partial charge in [-0.05, 0) is 43.7 Å². The maximum atomic E-state index is 12.9. The molecule has 0 spiro atoms. The number of nitrogens with two attached hydrogens (primary N) is 1. The van der Waals surface area contributed by atoms with E-state index in [1.807, 2.05) is 26.0 Å². The molecular weight excluding hydrogens is 408 g/mol. The Balaban J connectivity index is 2.26. The van der Waals surface area contributed by atoms with Crippen molar-refractivity contribution in [2.75, 3.05) is 19.1 Å². The van der Waals surface area contributed by atoms with Gasteiger partial charge in [-0.15, -0.1) is 0 Å². The third-order valence-electron chi connectivity index (χ3n) is 4.93. The highest BCUT2D eigenvalue weighted by Gasteiger charge is 2.50. The minimum absolute atomic E-state index is 0.00352. The largest absolute Gasteiger partial charge is 0.495 e. The van der Waals surface area contributed by atoms with Gasteiger partial charge in [0, 0.05) is 5.02 Å². The molecule has 7 nitrogen and oxygen atoms in total. The molecule has 1 unspecified atom stereocenters. The number of primary amides is 1. The number of anilines is 1. The second kappa shape index (κ2) is 8.28. The predicted octanol–water partition coefficient (Wildman–Crippen LogP) is 4.21. The van der Waals surface area contributed by atoms with Gasteiger partial charge in [0.25, 0.3) is 0 Å². The molecule has 2 aromatic carbocycles. The number of carbonyl (C=O) groups is 2. The first-order chi connectivity index (χ1) is 14.2. The van der Waals surface area contributed by atoms with Crippen LogP contribution in [0.25, 0.3) is 0 Å². The summed E-state index contributed by atoms with van der Waals surface area (Å²) in [7, 11) is 2.75. The Bertz CT molecular complexity index is 1000. The summed E-state index contributed by atoms with van der Waals surface area (Å²) in [6, 6.07) is 13.1. The van der Waals surface area contributed by atoms with Crippen molar-refractivity contribution < 1.29 is 23.8 Å². The molecule has 3 rings (SSSR count). The van der Waals surface area contributed by atoms with Crippen LogP contribution in [0, 0.1) is 0 Å². The molecule has 2 N–H and O–H groups in total. The lowest BCUT2D eigenvalue weighted by molar-refractivity contribution is -0.136. The third-order valence-corrected chi connectivity index (χ3v) is 5.18. The number of benzene rings is 2. The lowest BCUT2D eigenvalue weighted by Gasteiger charge is -2.29. The number of hydrogen-bond acceptors (Lipinski definition) is 5. The molecule has 0 radical (unpaired) electrons. The molecule has 0 fully saturated rings. The zero-order valence-electron chi connectivity index (χ0n) is 17.1. The van der Waals surface area contributed by atoms with E-state index < -0.39 is 23.5 Å². The van der Waals surface area contributed by atoms with Crippen molar-refractivity contribution in [2.24, 2.45) is 5.73 Å². The molecule has 2 amide bonds. The predicted molar refractivity (Wildman–Crippen MR) is 113 cm³/mol. The molecule has 8 heteroatoms. The van der Waals surface area contributed by atoms with Crippen molar-refractivity contribution in [3.05, 3.63) is 70.6 Å². The summed E-state index contributed by atoms with van der Waals surface area (Å²) < 4.78 is 16.6. The first kappa shape index (κ1) is 21.5. The highest BCUT2D eigenvalue weighted by atomic mass is 35.5. The molecule has 0 saturated carbocycles. The van der Waals surface area contributed by atoms with Gasteiger partial charge in [-0.2, -0.15) is 0 Å². The van der Waals surface area contributed by atoms with Crippen LogP contribution in [0.2, 0.25) is 5.02 Å². The summed E-state index contributed by atoms with van der Waals surface area (Å²) in [6.45, 7) is 3.65. The monoisotopic (exact) mass is 430 g/mol. The molecule has 1 heterocycles. The maximum absolute atomic E-state index is 12.9. The number of carbonyl (C=O) groups excluding carboxylic acids is 2. The third kappa shape index (κ3) is 3.80. The molecule has 1 aliphatic heterocycles. The number of rotatable bonds is 5. The van der Waals surface area contributed by atoms with E-state index in [2.05, 4.69) is 0 Å². The normalized spacial score (nSPS) is 17.3. The number of para-hydroxylation sites is 2. The molecule has 158 valence electrons. The highest BCUT2D eigenvalue weighted by molar-refractivity contribution is 6.30. The molecule has 0 saturated heterocycles. The Morgan fingerprint density at radius 1 is 1.10 bits per heavy atom. The van der Waals surface area contributed by atoms with Crippen molar-refractivity contribution in [2.45, 2.75) is 25.4 Å². The molecular formula is C22H23ClN2O5. The smallest absolute Gasteiger partial charge is 0.339 e. The number of urea groups is 1. The molecule has 0 bridgehead atoms. The zero-order valence-corrected chi connectivity index (χ0v) is 17.9. The fourth-order valence-corrected chi connectivity index (χ4v) is 3.81. The Labute approximate surface area is 180 Å². The standard InChI is InChI=1S/C22H23ClN2O5/c1-22(2)18(13-9-11-14(23)12-10-13)17(20(26)29-4)19(30-22)25(21(24)27)15-7-5-6-8-16(15)28-3/h5-12,18H,1-4H3,(H2,24,27). The molecule has 30 heavy (non-hydrogen) atoms. The summed E-state index contributed by atoms with van der Waals surface area (Å²) >= 11 is 6.03. The van der Waals surface area contributed by atoms with Crippen LogP contribution in [0.15, 0.2) is 60.0 Å². The van der Waals surface area contributed by atoms with Crippen LogP contribution in [0.5, 0.6) is 5.75 Å². The van der Waals surface area contributed by atoms with E-state index >= 15 is 0 Å². The molecule has 0 aliphatic carbocycles. The van der Waals surface area contributed by atoms with Gasteiger partial charge >= 0.3 is 12.0 Å². The molecule has 1 aliphatic rings. The summed E-state index contributed by atoms with van der Waals surface area (Å²) in [5, 5.41) is 0.562. The van der Waals surface area contributed by atoms with Crippen LogP contribution in [-0.2, 0) is 14.3 Å². The van der Waals surface area contributed by atoms with Crippen LogP contribution in [0.3, 0.4) is 0 Å². The molecule has 0 aromatic heterocycles. The lowest BCUT2D eigenvalue weighted by atomic mass is 9.81. The van der Waals surface area contributed by atoms with E-state index in [0.717, 1.165) is 10.5 Å². The van der Waals surface area contributed by atoms with Gasteiger partial charge in [0.15, 0.2) is 0 Å². The number of nitrogens with zero attached hydrogens (tertiary/aromatic N) is 1. The van der Waals surface area contributed by atoms with Gasteiger partial charge in [0.1, 0.15) is 16.9 Å². The number of amides is 2. The van der Waals surface area contributed by atoms with E-state index in [4.69, 9.17) is 31.5 Å². The van der Waals surface area contributed by atoms with E-state index in [1.165, 1.54) is 14.2 Å². The van der Waals surface area contributed by atoms with Gasteiger partial charge in [-0.3, -0.25) is 0 Å². The average Bonchev–Trinajstić information content (AvgIpc) is 2.99. The summed E-state index contributed by atoms with van der Waals surface area (Å²) in [6.07, 6.45) is 0. The second-order valence-electron chi connectivity index (χ2n) is 7.25. The van der Waals surface area contributed by atoms with Crippen molar-refractivity contribution in [3.63, 3.8) is 0 Å². The minimum Gasteiger partial charge on any atom is -0.495 e. The van der Waals surface area contributed by atoms with Crippen LogP contribution in [0.4, 0.5) is 10.5 Å². The Hall–Kier alpha value is -3.19. The fraction of sp³-hybridized carbons (Fsp3) is 0.273. The van der Waals surface area contributed by atoms with Gasteiger partial charge in [0.2, 0.25) is 5.88 Å². The van der Waals surface area contributed by atoms with Crippen molar-refractivity contribution in [1.82, 2.24) is 0 Å². The first-order valence-electron chi connectivity index (χ1n) is 9.20. The average molecular weight is 431 g/mol. The Morgan fingerprint density at radius 3 is 2.30 bits per heavy atom. The maximum Gasteiger partial charge on any atom is 0.339 e. The summed E-state index contributed by atoms with van der Waals surface area (Å²) in [4.78, 5) is 26.5. The quantitative estimate of drug-likeness (QED) is 0.717. The SMILES string of the molecule is COC(=O)C1=C(N(C(N)=O)c2ccccc2OC)OC(C)(C)C1c1ccc(Cl)cc1. The van der Waals surface area contributed by atoms with E-state index in [1.54, 1.807) is 36.4 Å². The Morgan fingerprint density at radius 2 is 1.73 bits per heavy atom. The highest BCUT2D eigenvalue weighted by Crippen LogP contribution is 2.49. The van der Waals surface area contributed by atoms with E-state index in [9.17, 15) is 9.59 Å². The summed E-state index contributed by atoms with van der Waals surface area (Å²) in [5.41, 5.74) is 6.13. The summed E-state index contributed by atoms with van der Waals surface area (Å²) in [5.74, 6) is -0.765. The van der Waals surface area contributed by atoms with Crippen molar-refractivity contribution in [3.8, 4) is 5.75 Å². The van der Waals surface area contributed by atoms with Gasteiger partial charge in [0.05, 0.1) is 25.8 Å². The minimum atomic E-state index is -0.887. The second-order valence-corrected chi connectivity index (χ2v) is 7.68. The van der Waals surface area contributed by atoms with Gasteiger partial charge in [-0.1, -0.05) is 35.9 Å². The van der Waals surface area contributed by atoms with E-state index in [-0.39, 0.29) is 11.5 Å². The van der Waals surface area contributed by atoms with Crippen molar-refractivity contribution >= 4 is 29.3 Å². The van der Waals surface area contributed by atoms with Crippen LogP contribution >= 0.6 is 11.6 Å². The lowest BCUT2D eigenvalue weighted by Crippen LogP contribution is -2.37. The molecule has 1 atom stereocenters. The number of esters is 1. The first-order valence-corrected chi connectivity index (χ1v) is 9.58. The van der Waals surface area contributed by atoms with Crippen LogP contribution in [-0.4, -0.2) is 31.8 Å². The van der Waals surface area contributed by atoms with Gasteiger partial charge in [-0.25, -0.2) is 14.5 Å². The topological polar surface area (TPSA) is 91.1 Å². The number of halogens is 1. The number of hydrogen-bond donors (Lipinski definition) is 1. The van der Waals surface area contributed by atoms with Gasteiger partial charge < -0.3 is 19.9 Å². The zero-order chi connectivity index (χ0) is 22.1. The van der Waals surface area contributed by atoms with E-state index in [0.29, 0.717) is 16.5 Å². The molecule has 2 aromatic rings. The number of ether oxygens (including phenoxy) is 3. The number of methoxy groups -OCH3 is 2.